The molecule has 3 saturated heterocycles. The number of carbonyl (C=O) groups is 3. The lowest BCUT2D eigenvalue weighted by molar-refractivity contribution is -0.148. The molecule has 3 heterocycles. The number of likely N-dealkylation sites (tertiary alicyclic amines) is 1. The summed E-state index contributed by atoms with van der Waals surface area (Å²) >= 11 is 1.70. The van der Waals surface area contributed by atoms with E-state index in [9.17, 15) is 19.5 Å². The van der Waals surface area contributed by atoms with Crippen LogP contribution in [0.4, 0.5) is 0 Å². The Kier molecular flexibility index (Phi) is 9.24. The molecule has 1 aliphatic carbocycles. The van der Waals surface area contributed by atoms with E-state index < -0.39 is 33.4 Å². The van der Waals surface area contributed by atoms with Crippen LogP contribution in [0.2, 0.25) is 0 Å². The van der Waals surface area contributed by atoms with Gasteiger partial charge in [0.25, 0.3) is 0 Å². The van der Waals surface area contributed by atoms with E-state index in [-0.39, 0.29) is 30.4 Å². The number of aliphatic hydroxyl groups excluding tert-OH is 1. The minimum atomic E-state index is -0.708. The number of rotatable bonds is 12. The molecule has 42 heavy (non-hydrogen) atoms. The summed E-state index contributed by atoms with van der Waals surface area (Å²) in [6.45, 7) is 13.0. The van der Waals surface area contributed by atoms with Crippen LogP contribution in [0.15, 0.2) is 55.6 Å². The maximum atomic E-state index is 14.8. The molecule has 1 aromatic rings. The van der Waals surface area contributed by atoms with Crippen molar-refractivity contribution in [2.75, 3.05) is 19.7 Å². The molecule has 0 aromatic heterocycles. The van der Waals surface area contributed by atoms with Crippen LogP contribution < -0.4 is 0 Å². The first-order valence-corrected chi connectivity index (χ1v) is 16.6. The fraction of sp³-hybridized carbons (Fsp3) is 0.618. The lowest BCUT2D eigenvalue weighted by Crippen LogP contribution is -2.59. The Labute approximate surface area is 255 Å². The van der Waals surface area contributed by atoms with Gasteiger partial charge in [0.15, 0.2) is 0 Å². The molecule has 2 unspecified atom stereocenters. The van der Waals surface area contributed by atoms with Gasteiger partial charge in [0, 0.05) is 30.4 Å². The number of amides is 3. The van der Waals surface area contributed by atoms with Gasteiger partial charge in [0.2, 0.25) is 17.7 Å². The van der Waals surface area contributed by atoms with Gasteiger partial charge in [0.05, 0.1) is 29.2 Å². The van der Waals surface area contributed by atoms with Gasteiger partial charge in [-0.15, -0.1) is 24.9 Å². The monoisotopic (exact) mass is 593 g/mol. The third kappa shape index (κ3) is 5.12. The lowest BCUT2D eigenvalue weighted by Gasteiger charge is -2.42. The number of thioether (sulfide) groups is 1. The third-order valence-electron chi connectivity index (χ3n) is 10.3. The topological polar surface area (TPSA) is 81.2 Å². The van der Waals surface area contributed by atoms with Crippen LogP contribution >= 0.6 is 11.8 Å². The fourth-order valence-electron chi connectivity index (χ4n) is 8.32. The van der Waals surface area contributed by atoms with Crippen molar-refractivity contribution in [1.82, 2.24) is 14.7 Å². The van der Waals surface area contributed by atoms with Crippen molar-refractivity contribution in [1.29, 1.82) is 0 Å². The Bertz CT molecular complexity index is 1180. The molecule has 4 aliphatic rings. The van der Waals surface area contributed by atoms with Gasteiger partial charge in [-0.2, -0.15) is 0 Å². The minimum absolute atomic E-state index is 0.0402. The Hall–Kier alpha value is -2.58. The summed E-state index contributed by atoms with van der Waals surface area (Å²) in [7, 11) is 0. The molecular weight excluding hydrogens is 546 g/mol. The first kappa shape index (κ1) is 30.9. The van der Waals surface area contributed by atoms with Crippen molar-refractivity contribution in [3.63, 3.8) is 0 Å². The third-order valence-corrected chi connectivity index (χ3v) is 12.3. The molecule has 4 fully saturated rings. The maximum absolute atomic E-state index is 14.8. The van der Waals surface area contributed by atoms with Gasteiger partial charge >= 0.3 is 0 Å². The molecule has 6 atom stereocenters. The molecule has 7 nitrogen and oxygen atoms in total. The summed E-state index contributed by atoms with van der Waals surface area (Å²) in [4.78, 5) is 49.4. The van der Waals surface area contributed by atoms with Crippen molar-refractivity contribution in [3.05, 3.63) is 61.2 Å². The Morgan fingerprint density at radius 3 is 2.40 bits per heavy atom. The summed E-state index contributed by atoms with van der Waals surface area (Å²) in [5.74, 6) is -1.39. The van der Waals surface area contributed by atoms with Crippen LogP contribution in [0.25, 0.3) is 0 Å². The van der Waals surface area contributed by atoms with Crippen molar-refractivity contribution in [3.8, 4) is 0 Å². The summed E-state index contributed by atoms with van der Waals surface area (Å²) < 4.78 is -1.15. The van der Waals surface area contributed by atoms with E-state index in [0.717, 1.165) is 37.7 Å². The van der Waals surface area contributed by atoms with Gasteiger partial charge in [-0.1, -0.05) is 68.7 Å². The van der Waals surface area contributed by atoms with E-state index in [1.807, 2.05) is 47.1 Å². The van der Waals surface area contributed by atoms with E-state index >= 15 is 0 Å². The SMILES string of the molecule is C=CCN(Cc1ccccc1)C(=O)[C@@H]1[C@H]2C(=O)N([C@@H](CC)CO)C(C(=O)N(CC=C)C3CCCCC3)C23CC[C@@]1(C)S3. The standard InChI is InChI=1S/C34H47N3O4S/c1-5-20-35(22-24-14-10-8-11-15-24)30(39)27-28-31(40)37(25(7-3)23-38)29(34(28)19-18-33(27,4)42-34)32(41)36(21-6-2)26-16-12-9-13-17-26/h5-6,8,10-11,14-15,25-29,38H,1-2,7,9,12-13,16-23H2,3-4H3/t25-,27-,28-,29?,33+,34?/m0/s1. The highest BCUT2D eigenvalue weighted by Crippen LogP contribution is 2.72. The highest BCUT2D eigenvalue weighted by Gasteiger charge is 2.78. The zero-order chi connectivity index (χ0) is 30.1. The fourth-order valence-corrected chi connectivity index (χ4v) is 10.7. The minimum Gasteiger partial charge on any atom is -0.394 e. The van der Waals surface area contributed by atoms with E-state index in [0.29, 0.717) is 32.5 Å². The van der Waals surface area contributed by atoms with Crippen molar-refractivity contribution >= 4 is 29.5 Å². The summed E-state index contributed by atoms with van der Waals surface area (Å²) in [5.41, 5.74) is 1.02. The molecule has 5 rings (SSSR count). The average molecular weight is 594 g/mol. The van der Waals surface area contributed by atoms with Gasteiger partial charge in [-0.3, -0.25) is 14.4 Å². The van der Waals surface area contributed by atoms with Gasteiger partial charge in [-0.25, -0.2) is 0 Å². The molecule has 3 aliphatic heterocycles. The lowest BCUT2D eigenvalue weighted by atomic mass is 9.66. The van der Waals surface area contributed by atoms with E-state index in [1.54, 1.807) is 28.8 Å². The maximum Gasteiger partial charge on any atom is 0.247 e. The number of carbonyl (C=O) groups excluding carboxylic acids is 3. The highest BCUT2D eigenvalue weighted by atomic mass is 32.2. The van der Waals surface area contributed by atoms with Crippen LogP contribution in [-0.4, -0.2) is 84.8 Å². The largest absolute Gasteiger partial charge is 0.394 e. The van der Waals surface area contributed by atoms with Gasteiger partial charge in [0.1, 0.15) is 6.04 Å². The molecule has 1 spiro atoms. The molecule has 1 aromatic carbocycles. The molecule has 3 amide bonds. The van der Waals surface area contributed by atoms with Crippen molar-refractivity contribution in [2.45, 2.75) is 99.4 Å². The van der Waals surface area contributed by atoms with Gasteiger partial charge < -0.3 is 19.8 Å². The second-order valence-corrected chi connectivity index (χ2v) is 14.7. The van der Waals surface area contributed by atoms with E-state index in [2.05, 4.69) is 20.1 Å². The predicted octanol–water partition coefficient (Wildman–Crippen LogP) is 4.80. The Morgan fingerprint density at radius 2 is 1.79 bits per heavy atom. The highest BCUT2D eigenvalue weighted by molar-refractivity contribution is 8.02. The van der Waals surface area contributed by atoms with Crippen molar-refractivity contribution < 1.29 is 19.5 Å². The Balaban J connectivity index is 1.55. The first-order valence-electron chi connectivity index (χ1n) is 15.7. The summed E-state index contributed by atoms with van der Waals surface area (Å²) in [6, 6.07) is 8.84. The Morgan fingerprint density at radius 1 is 1.10 bits per heavy atom. The molecule has 228 valence electrons. The van der Waals surface area contributed by atoms with Gasteiger partial charge in [-0.05, 0) is 44.6 Å². The van der Waals surface area contributed by atoms with E-state index in [1.165, 1.54) is 6.42 Å². The summed E-state index contributed by atoms with van der Waals surface area (Å²) in [5, 5.41) is 10.4. The summed E-state index contributed by atoms with van der Waals surface area (Å²) in [6.07, 6.45) is 10.8. The first-order chi connectivity index (χ1) is 20.3. The number of nitrogens with zero attached hydrogens (tertiary/aromatic N) is 3. The average Bonchev–Trinajstić information content (AvgIpc) is 3.57. The number of fused-ring (bicyclic) bond motifs is 1. The quantitative estimate of drug-likeness (QED) is 0.352. The van der Waals surface area contributed by atoms with Crippen LogP contribution in [0.3, 0.4) is 0 Å². The zero-order valence-electron chi connectivity index (χ0n) is 25.2. The molecule has 1 saturated carbocycles. The number of benzene rings is 1. The number of hydrogen-bond donors (Lipinski definition) is 1. The van der Waals surface area contributed by atoms with Crippen LogP contribution in [0.1, 0.15) is 70.8 Å². The second-order valence-electron chi connectivity index (χ2n) is 12.8. The molecule has 0 radical (unpaired) electrons. The van der Waals surface area contributed by atoms with Crippen LogP contribution in [0, 0.1) is 11.8 Å². The molecule has 2 bridgehead atoms. The smallest absolute Gasteiger partial charge is 0.247 e. The predicted molar refractivity (Wildman–Crippen MR) is 168 cm³/mol. The number of aliphatic hydroxyl groups is 1. The van der Waals surface area contributed by atoms with Crippen LogP contribution in [0.5, 0.6) is 0 Å². The number of hydrogen-bond acceptors (Lipinski definition) is 5. The molecular formula is C34H47N3O4S. The zero-order valence-corrected chi connectivity index (χ0v) is 26.1. The second kappa shape index (κ2) is 12.6. The van der Waals surface area contributed by atoms with E-state index in [4.69, 9.17) is 0 Å². The van der Waals surface area contributed by atoms with Crippen molar-refractivity contribution in [2.24, 2.45) is 11.8 Å². The molecule has 1 N–H and O–H groups in total. The van der Waals surface area contributed by atoms with Crippen LogP contribution in [-0.2, 0) is 20.9 Å². The molecule has 8 heteroatoms. The normalized spacial score (nSPS) is 31.1.